The normalized spacial score (nSPS) is 14.6. The minimum absolute atomic E-state index is 0.00771. The number of rotatable bonds is 9. The molecule has 214 valence electrons. The van der Waals surface area contributed by atoms with Crippen LogP contribution in [0.2, 0.25) is 0 Å². The van der Waals surface area contributed by atoms with Crippen LogP contribution in [-0.2, 0) is 16.1 Å². The molecule has 0 fully saturated rings. The second kappa shape index (κ2) is 12.2. The van der Waals surface area contributed by atoms with Crippen LogP contribution in [0.15, 0.2) is 93.9 Å². The van der Waals surface area contributed by atoms with Gasteiger partial charge in [-0.1, -0.05) is 47.7 Å². The molecular weight excluding hydrogens is 558 g/mol. The fourth-order valence-electron chi connectivity index (χ4n) is 4.66. The Morgan fingerprint density at radius 2 is 1.83 bits per heavy atom. The molecule has 0 N–H and O–H groups in total. The van der Waals surface area contributed by atoms with Crippen LogP contribution in [0.25, 0.3) is 6.08 Å². The highest BCUT2D eigenvalue weighted by Crippen LogP contribution is 2.31. The number of carbonyl (C=O) groups excluding carboxylic acids is 1. The summed E-state index contributed by atoms with van der Waals surface area (Å²) in [5.74, 6) is 0.435. The maximum absolute atomic E-state index is 13.8. The highest BCUT2D eigenvalue weighted by atomic mass is 32.1. The molecule has 1 atom stereocenters. The Hall–Kier alpha value is -5.03. The Morgan fingerprint density at radius 1 is 1.10 bits per heavy atom. The van der Waals surface area contributed by atoms with Gasteiger partial charge in [-0.25, -0.2) is 9.79 Å². The van der Waals surface area contributed by atoms with Crippen LogP contribution in [0.4, 0.5) is 5.69 Å². The average molecular weight is 586 g/mol. The minimum Gasteiger partial charge on any atom is -0.493 e. The van der Waals surface area contributed by atoms with Gasteiger partial charge in [-0.15, -0.1) is 0 Å². The molecule has 3 aromatic carbocycles. The van der Waals surface area contributed by atoms with Crippen molar-refractivity contribution in [3.8, 4) is 11.5 Å². The van der Waals surface area contributed by atoms with E-state index in [1.807, 2.05) is 30.3 Å². The van der Waals surface area contributed by atoms with E-state index in [0.717, 1.165) is 11.1 Å². The SMILES string of the molecule is CCOC(=O)C1=C(C)N=c2sc(=Cc3ccc(OCc4ccc([N+](=O)[O-])cc4)c(OC)c3)c(=O)n2C1c1ccccc1. The zero-order chi connectivity index (χ0) is 29.8. The smallest absolute Gasteiger partial charge is 0.338 e. The first kappa shape index (κ1) is 28.5. The maximum Gasteiger partial charge on any atom is 0.338 e. The fraction of sp³-hybridized carbons (Fsp3) is 0.194. The topological polar surface area (TPSA) is 122 Å². The predicted octanol–water partition coefficient (Wildman–Crippen LogP) is 4.29. The van der Waals surface area contributed by atoms with Gasteiger partial charge in [0.15, 0.2) is 16.3 Å². The van der Waals surface area contributed by atoms with E-state index < -0.39 is 16.9 Å². The van der Waals surface area contributed by atoms with Gasteiger partial charge in [0.2, 0.25) is 0 Å². The number of nitro groups is 1. The van der Waals surface area contributed by atoms with Crippen molar-refractivity contribution in [3.05, 3.63) is 131 Å². The number of carbonyl (C=O) groups is 1. The van der Waals surface area contributed by atoms with Gasteiger partial charge in [-0.2, -0.15) is 0 Å². The molecule has 10 nitrogen and oxygen atoms in total. The quantitative estimate of drug-likeness (QED) is 0.163. The van der Waals surface area contributed by atoms with Gasteiger partial charge < -0.3 is 14.2 Å². The van der Waals surface area contributed by atoms with E-state index in [0.29, 0.717) is 37.7 Å². The van der Waals surface area contributed by atoms with E-state index in [1.54, 1.807) is 54.8 Å². The Bertz CT molecular complexity index is 1860. The lowest BCUT2D eigenvalue weighted by atomic mass is 9.96. The third-order valence-electron chi connectivity index (χ3n) is 6.66. The van der Waals surface area contributed by atoms with Gasteiger partial charge in [0.25, 0.3) is 11.2 Å². The highest BCUT2D eigenvalue weighted by Gasteiger charge is 2.33. The molecule has 0 aliphatic carbocycles. The van der Waals surface area contributed by atoms with Gasteiger partial charge in [0.1, 0.15) is 6.61 Å². The highest BCUT2D eigenvalue weighted by molar-refractivity contribution is 7.07. The van der Waals surface area contributed by atoms with E-state index in [9.17, 15) is 19.7 Å². The van der Waals surface area contributed by atoms with Crippen molar-refractivity contribution in [1.29, 1.82) is 0 Å². The molecule has 4 aromatic rings. The number of aromatic nitrogens is 1. The lowest BCUT2D eigenvalue weighted by Crippen LogP contribution is -2.39. The van der Waals surface area contributed by atoms with Gasteiger partial charge in [0.05, 0.1) is 40.5 Å². The van der Waals surface area contributed by atoms with Gasteiger partial charge in [0, 0.05) is 12.1 Å². The molecule has 1 aliphatic heterocycles. The summed E-state index contributed by atoms with van der Waals surface area (Å²) in [6.07, 6.45) is 1.75. The number of allylic oxidation sites excluding steroid dienone is 1. The molecule has 0 bridgehead atoms. The van der Waals surface area contributed by atoms with Gasteiger partial charge in [-0.3, -0.25) is 19.5 Å². The van der Waals surface area contributed by atoms with Crippen molar-refractivity contribution in [2.24, 2.45) is 4.99 Å². The molecule has 1 aliphatic rings. The largest absolute Gasteiger partial charge is 0.493 e. The van der Waals surface area contributed by atoms with Crippen molar-refractivity contribution in [2.75, 3.05) is 13.7 Å². The number of hydrogen-bond donors (Lipinski definition) is 0. The summed E-state index contributed by atoms with van der Waals surface area (Å²) in [4.78, 5) is 42.3. The van der Waals surface area contributed by atoms with Crippen LogP contribution in [-0.4, -0.2) is 29.2 Å². The summed E-state index contributed by atoms with van der Waals surface area (Å²) < 4.78 is 18.8. The van der Waals surface area contributed by atoms with Gasteiger partial charge >= 0.3 is 5.97 Å². The van der Waals surface area contributed by atoms with E-state index in [-0.39, 0.29) is 24.5 Å². The Balaban J connectivity index is 1.49. The zero-order valence-corrected chi connectivity index (χ0v) is 23.9. The van der Waals surface area contributed by atoms with Crippen LogP contribution in [0.5, 0.6) is 11.5 Å². The van der Waals surface area contributed by atoms with Crippen molar-refractivity contribution < 1.29 is 23.9 Å². The number of benzene rings is 3. The summed E-state index contributed by atoms with van der Waals surface area (Å²) in [6.45, 7) is 3.88. The lowest BCUT2D eigenvalue weighted by molar-refractivity contribution is -0.384. The summed E-state index contributed by atoms with van der Waals surface area (Å²) >= 11 is 1.24. The molecule has 5 rings (SSSR count). The molecule has 0 spiro atoms. The summed E-state index contributed by atoms with van der Waals surface area (Å²) in [6, 6.07) is 20.1. The Kier molecular flexibility index (Phi) is 8.30. The van der Waals surface area contributed by atoms with Crippen LogP contribution < -0.4 is 24.4 Å². The van der Waals surface area contributed by atoms with E-state index >= 15 is 0 Å². The van der Waals surface area contributed by atoms with Gasteiger partial charge in [-0.05, 0) is 60.9 Å². The predicted molar refractivity (Wildman–Crippen MR) is 157 cm³/mol. The first-order valence-corrected chi connectivity index (χ1v) is 13.9. The summed E-state index contributed by atoms with van der Waals surface area (Å²) in [7, 11) is 1.52. The third kappa shape index (κ3) is 5.72. The number of esters is 1. The minimum atomic E-state index is -0.673. The molecule has 0 amide bonds. The van der Waals surface area contributed by atoms with Crippen LogP contribution in [0, 0.1) is 10.1 Å². The zero-order valence-electron chi connectivity index (χ0n) is 23.1. The average Bonchev–Trinajstić information content (AvgIpc) is 3.30. The molecule has 1 unspecified atom stereocenters. The molecule has 2 heterocycles. The fourth-order valence-corrected chi connectivity index (χ4v) is 5.71. The van der Waals surface area contributed by atoms with E-state index in [4.69, 9.17) is 14.2 Å². The maximum atomic E-state index is 13.8. The molecule has 0 saturated heterocycles. The Morgan fingerprint density at radius 3 is 2.50 bits per heavy atom. The molecule has 11 heteroatoms. The van der Waals surface area contributed by atoms with Crippen molar-refractivity contribution >= 4 is 29.1 Å². The monoisotopic (exact) mass is 585 g/mol. The van der Waals surface area contributed by atoms with Crippen molar-refractivity contribution in [1.82, 2.24) is 4.57 Å². The lowest BCUT2D eigenvalue weighted by Gasteiger charge is -2.24. The number of ether oxygens (including phenoxy) is 3. The van der Waals surface area contributed by atoms with Crippen molar-refractivity contribution in [2.45, 2.75) is 26.5 Å². The number of hydrogen-bond acceptors (Lipinski definition) is 9. The first-order valence-electron chi connectivity index (χ1n) is 13.1. The number of methoxy groups -OCH3 is 1. The van der Waals surface area contributed by atoms with E-state index in [2.05, 4.69) is 4.99 Å². The number of fused-ring (bicyclic) bond motifs is 1. The first-order chi connectivity index (χ1) is 20.3. The van der Waals surface area contributed by atoms with Crippen molar-refractivity contribution in [3.63, 3.8) is 0 Å². The second-order valence-electron chi connectivity index (χ2n) is 9.34. The van der Waals surface area contributed by atoms with Crippen LogP contribution in [0.3, 0.4) is 0 Å². The van der Waals surface area contributed by atoms with Crippen LogP contribution >= 0.6 is 11.3 Å². The molecule has 1 aromatic heterocycles. The number of nitro benzene ring substituents is 1. The van der Waals surface area contributed by atoms with Crippen LogP contribution in [0.1, 0.15) is 36.6 Å². The number of thiazole rings is 1. The molecule has 0 radical (unpaired) electrons. The molecule has 0 saturated carbocycles. The molecule has 42 heavy (non-hydrogen) atoms. The second-order valence-corrected chi connectivity index (χ2v) is 10.3. The number of non-ortho nitro benzene ring substituents is 1. The third-order valence-corrected chi connectivity index (χ3v) is 7.64. The number of nitrogens with zero attached hydrogens (tertiary/aromatic N) is 3. The Labute approximate surface area is 244 Å². The summed E-state index contributed by atoms with van der Waals surface area (Å²) in [5.41, 5.74) is 2.81. The van der Waals surface area contributed by atoms with E-state index in [1.165, 1.54) is 30.6 Å². The summed E-state index contributed by atoms with van der Waals surface area (Å²) in [5, 5.41) is 10.9. The molecular formula is C31H27N3O7S. The standard InChI is InChI=1S/C31H27N3O7S/c1-4-40-30(36)27-19(2)32-31-33(28(27)22-8-6-5-7-9-22)29(35)26(42-31)17-21-12-15-24(25(16-21)39-3)41-18-20-10-13-23(14-11-20)34(37)38/h5-17,28H,4,18H2,1-3H3.